The molecule has 7 nitrogen and oxygen atoms in total. The van der Waals surface area contributed by atoms with Crippen molar-refractivity contribution in [2.45, 2.75) is 13.5 Å². The van der Waals surface area contributed by atoms with Crippen LogP contribution in [0.5, 0.6) is 0 Å². The Morgan fingerprint density at radius 2 is 2.16 bits per heavy atom. The fourth-order valence-electron chi connectivity index (χ4n) is 1.65. The minimum atomic E-state index is -1.02. The van der Waals surface area contributed by atoms with E-state index in [1.165, 1.54) is 16.8 Å². The molecule has 0 spiro atoms. The molecule has 2 rings (SSSR count). The van der Waals surface area contributed by atoms with E-state index in [2.05, 4.69) is 10.3 Å². The Morgan fingerprint density at radius 1 is 1.42 bits per heavy atom. The van der Waals surface area contributed by atoms with Crippen molar-refractivity contribution in [1.29, 1.82) is 0 Å². The summed E-state index contributed by atoms with van der Waals surface area (Å²) >= 11 is 0. The molecule has 0 radical (unpaired) electrons. The molecule has 0 fully saturated rings. The zero-order valence-corrected chi connectivity index (χ0v) is 10.7. The van der Waals surface area contributed by atoms with E-state index in [1.807, 2.05) is 6.92 Å². The number of rotatable bonds is 4. The second-order valence-electron chi connectivity index (χ2n) is 4.16. The molecule has 0 saturated heterocycles. The van der Waals surface area contributed by atoms with Crippen molar-refractivity contribution < 1.29 is 14.7 Å². The first kappa shape index (κ1) is 13.0. The maximum Gasteiger partial charge on any atom is 0.335 e. The van der Waals surface area contributed by atoms with Crippen LogP contribution in [0.3, 0.4) is 0 Å². The molecule has 0 aliphatic carbocycles. The van der Waals surface area contributed by atoms with Crippen LogP contribution in [0.2, 0.25) is 0 Å². The predicted octanol–water partition coefficient (Wildman–Crippen LogP) is 0.608. The highest BCUT2D eigenvalue weighted by Crippen LogP contribution is 2.13. The molecule has 0 aliphatic rings. The molecule has 2 aromatic rings. The van der Waals surface area contributed by atoms with Gasteiger partial charge in [0.2, 0.25) is 5.91 Å². The van der Waals surface area contributed by atoms with Gasteiger partial charge in [-0.2, -0.15) is 0 Å². The molecule has 0 aliphatic heterocycles. The summed E-state index contributed by atoms with van der Waals surface area (Å²) < 4.78 is 1.47. The smallest absolute Gasteiger partial charge is 0.335 e. The monoisotopic (exact) mass is 262 g/mol. The SMILES string of the molecule is CCN(C)C(=O)Cn1nnc2cc(C(=O)O)ccc21. The number of carboxylic acids is 1. The van der Waals surface area contributed by atoms with Gasteiger partial charge < -0.3 is 10.0 Å². The van der Waals surface area contributed by atoms with Crippen molar-refractivity contribution in [3.8, 4) is 0 Å². The Morgan fingerprint density at radius 3 is 2.79 bits per heavy atom. The van der Waals surface area contributed by atoms with Crippen LogP contribution in [0.1, 0.15) is 17.3 Å². The second-order valence-corrected chi connectivity index (χ2v) is 4.16. The van der Waals surface area contributed by atoms with Gasteiger partial charge >= 0.3 is 5.97 Å². The lowest BCUT2D eigenvalue weighted by molar-refractivity contribution is -0.130. The predicted molar refractivity (Wildman–Crippen MR) is 67.8 cm³/mol. The number of benzene rings is 1. The first-order valence-electron chi connectivity index (χ1n) is 5.83. The molecule has 1 N–H and O–H groups in total. The molecule has 1 aromatic heterocycles. The molecule has 0 unspecified atom stereocenters. The summed E-state index contributed by atoms with van der Waals surface area (Å²) in [5.41, 5.74) is 1.26. The van der Waals surface area contributed by atoms with Crippen molar-refractivity contribution in [3.63, 3.8) is 0 Å². The minimum Gasteiger partial charge on any atom is -0.478 e. The number of fused-ring (bicyclic) bond motifs is 1. The van der Waals surface area contributed by atoms with E-state index >= 15 is 0 Å². The van der Waals surface area contributed by atoms with E-state index in [9.17, 15) is 9.59 Å². The fraction of sp³-hybridized carbons (Fsp3) is 0.333. The highest BCUT2D eigenvalue weighted by Gasteiger charge is 2.13. The standard InChI is InChI=1S/C12H14N4O3/c1-3-15(2)11(17)7-16-10-5-4-8(12(18)19)6-9(10)13-14-16/h4-6H,3,7H2,1-2H3,(H,18,19). The topological polar surface area (TPSA) is 88.3 Å². The summed E-state index contributed by atoms with van der Waals surface area (Å²) in [7, 11) is 1.71. The molecule has 1 aromatic carbocycles. The maximum absolute atomic E-state index is 11.8. The van der Waals surface area contributed by atoms with Gasteiger partial charge in [-0.25, -0.2) is 9.48 Å². The zero-order valence-electron chi connectivity index (χ0n) is 10.7. The second kappa shape index (κ2) is 5.05. The lowest BCUT2D eigenvalue weighted by Gasteiger charge is -2.14. The molecular formula is C12H14N4O3. The summed E-state index contributed by atoms with van der Waals surface area (Å²) in [6, 6.07) is 4.52. The van der Waals surface area contributed by atoms with E-state index in [0.717, 1.165) is 0 Å². The van der Waals surface area contributed by atoms with E-state index in [1.54, 1.807) is 18.0 Å². The highest BCUT2D eigenvalue weighted by molar-refractivity contribution is 5.92. The minimum absolute atomic E-state index is 0.0726. The van der Waals surface area contributed by atoms with Gasteiger partial charge in [0.1, 0.15) is 12.1 Å². The summed E-state index contributed by atoms with van der Waals surface area (Å²) in [4.78, 5) is 24.2. The molecule has 1 heterocycles. The van der Waals surface area contributed by atoms with Crippen LogP contribution in [0.25, 0.3) is 11.0 Å². The molecule has 0 atom stereocenters. The van der Waals surface area contributed by atoms with Crippen LogP contribution in [0.15, 0.2) is 18.2 Å². The van der Waals surface area contributed by atoms with Crippen molar-refractivity contribution in [1.82, 2.24) is 19.9 Å². The number of aromatic carboxylic acids is 1. The number of hydrogen-bond acceptors (Lipinski definition) is 4. The van der Waals surface area contributed by atoms with Crippen molar-refractivity contribution >= 4 is 22.9 Å². The van der Waals surface area contributed by atoms with E-state index in [0.29, 0.717) is 17.6 Å². The fourth-order valence-corrected chi connectivity index (χ4v) is 1.65. The van der Waals surface area contributed by atoms with Crippen LogP contribution in [0.4, 0.5) is 0 Å². The molecule has 7 heteroatoms. The first-order valence-corrected chi connectivity index (χ1v) is 5.83. The zero-order chi connectivity index (χ0) is 14.0. The van der Waals surface area contributed by atoms with Crippen molar-refractivity contribution in [2.24, 2.45) is 0 Å². The van der Waals surface area contributed by atoms with Gasteiger partial charge in [-0.15, -0.1) is 5.10 Å². The molecule has 0 saturated carbocycles. The van der Waals surface area contributed by atoms with Gasteiger partial charge in [0.25, 0.3) is 0 Å². The summed E-state index contributed by atoms with van der Waals surface area (Å²) in [6.07, 6.45) is 0. The van der Waals surface area contributed by atoms with Crippen molar-refractivity contribution in [2.75, 3.05) is 13.6 Å². The number of carboxylic acid groups (broad SMARTS) is 1. The van der Waals surface area contributed by atoms with Crippen LogP contribution in [-0.4, -0.2) is 50.5 Å². The van der Waals surface area contributed by atoms with Crippen LogP contribution < -0.4 is 0 Å². The number of aromatic nitrogens is 3. The molecule has 0 bridgehead atoms. The van der Waals surface area contributed by atoms with Gasteiger partial charge in [0.05, 0.1) is 11.1 Å². The Balaban J connectivity index is 2.31. The third-order valence-corrected chi connectivity index (χ3v) is 2.95. The maximum atomic E-state index is 11.8. The lowest BCUT2D eigenvalue weighted by Crippen LogP contribution is -2.30. The number of hydrogen-bond donors (Lipinski definition) is 1. The van der Waals surface area contributed by atoms with Gasteiger partial charge in [0, 0.05) is 13.6 Å². The third kappa shape index (κ3) is 2.54. The molecule has 1 amide bonds. The van der Waals surface area contributed by atoms with Gasteiger partial charge in [-0.3, -0.25) is 4.79 Å². The average molecular weight is 262 g/mol. The number of nitrogens with zero attached hydrogens (tertiary/aromatic N) is 4. The first-order chi connectivity index (χ1) is 9.02. The Bertz CT molecular complexity index is 635. The summed E-state index contributed by atoms with van der Waals surface area (Å²) in [6.45, 7) is 2.60. The highest BCUT2D eigenvalue weighted by atomic mass is 16.4. The number of amides is 1. The van der Waals surface area contributed by atoms with Crippen molar-refractivity contribution in [3.05, 3.63) is 23.8 Å². The third-order valence-electron chi connectivity index (χ3n) is 2.95. The Labute approximate surface area is 109 Å². The van der Waals surface area contributed by atoms with Gasteiger partial charge in [0.15, 0.2) is 0 Å². The Hall–Kier alpha value is -2.44. The normalized spacial score (nSPS) is 10.6. The van der Waals surface area contributed by atoms with Crippen LogP contribution in [0, 0.1) is 0 Å². The molecular weight excluding hydrogens is 248 g/mol. The largest absolute Gasteiger partial charge is 0.478 e. The summed E-state index contributed by atoms with van der Waals surface area (Å²) in [5, 5.41) is 16.6. The number of likely N-dealkylation sites (N-methyl/N-ethyl adjacent to an activating group) is 1. The number of carbonyl (C=O) groups excluding carboxylic acids is 1. The summed E-state index contributed by atoms with van der Waals surface area (Å²) in [5.74, 6) is -1.09. The van der Waals surface area contributed by atoms with E-state index < -0.39 is 5.97 Å². The number of carbonyl (C=O) groups is 2. The lowest BCUT2D eigenvalue weighted by atomic mass is 10.2. The van der Waals surface area contributed by atoms with Gasteiger partial charge in [-0.1, -0.05) is 5.21 Å². The molecule has 100 valence electrons. The Kier molecular flexibility index (Phi) is 3.46. The van der Waals surface area contributed by atoms with Crippen LogP contribution in [-0.2, 0) is 11.3 Å². The molecule has 19 heavy (non-hydrogen) atoms. The van der Waals surface area contributed by atoms with E-state index in [4.69, 9.17) is 5.11 Å². The van der Waals surface area contributed by atoms with E-state index in [-0.39, 0.29) is 18.0 Å². The average Bonchev–Trinajstić information content (AvgIpc) is 2.80. The van der Waals surface area contributed by atoms with Crippen LogP contribution >= 0.6 is 0 Å². The van der Waals surface area contributed by atoms with Gasteiger partial charge in [-0.05, 0) is 25.1 Å². The quantitative estimate of drug-likeness (QED) is 0.872.